The van der Waals surface area contributed by atoms with Gasteiger partial charge in [-0.1, -0.05) is 18.2 Å². The minimum Gasteiger partial charge on any atom is -0.274 e. The van der Waals surface area contributed by atoms with Crippen molar-refractivity contribution < 1.29 is 9.59 Å². The van der Waals surface area contributed by atoms with Crippen LogP contribution < -0.4 is 4.90 Å². The number of anilines is 1. The average molecular weight is 298 g/mol. The Kier molecular flexibility index (Phi) is 2.72. The molecule has 21 heavy (non-hydrogen) atoms. The van der Waals surface area contributed by atoms with Crippen molar-refractivity contribution in [2.75, 3.05) is 4.90 Å². The van der Waals surface area contributed by atoms with Gasteiger partial charge in [0.25, 0.3) is 0 Å². The molecule has 1 aliphatic heterocycles. The fourth-order valence-corrected chi connectivity index (χ4v) is 4.30. The molecule has 1 saturated heterocycles. The van der Waals surface area contributed by atoms with Crippen molar-refractivity contribution in [3.8, 4) is 0 Å². The van der Waals surface area contributed by atoms with Crippen molar-refractivity contribution in [2.24, 2.45) is 11.8 Å². The van der Waals surface area contributed by atoms with E-state index in [4.69, 9.17) is 0 Å². The Balaban J connectivity index is 1.73. The van der Waals surface area contributed by atoms with E-state index in [1.54, 1.807) is 0 Å². The number of rotatable bonds is 1. The Bertz CT molecular complexity index is 738. The minimum absolute atomic E-state index is 0.0621. The highest BCUT2D eigenvalue weighted by molar-refractivity contribution is 7.06. The Morgan fingerprint density at radius 2 is 1.76 bits per heavy atom. The number of carbonyl (C=O) groups is 2. The summed E-state index contributed by atoms with van der Waals surface area (Å²) in [5, 5.41) is 0. The van der Waals surface area contributed by atoms with Crippen molar-refractivity contribution in [1.29, 1.82) is 0 Å². The van der Waals surface area contributed by atoms with E-state index in [0.29, 0.717) is 18.5 Å². The lowest BCUT2D eigenvalue weighted by molar-refractivity contribution is -0.122. The van der Waals surface area contributed by atoms with E-state index in [9.17, 15) is 9.59 Å². The molecule has 0 bridgehead atoms. The summed E-state index contributed by atoms with van der Waals surface area (Å²) in [5.74, 6) is -0.564. The lowest BCUT2D eigenvalue weighted by atomic mass is 9.80. The number of carbonyl (C=O) groups excluding carboxylic acids is 2. The van der Waals surface area contributed by atoms with Crippen molar-refractivity contribution in [2.45, 2.75) is 19.8 Å². The lowest BCUT2D eigenvalue weighted by Gasteiger charge is -2.20. The van der Waals surface area contributed by atoms with Gasteiger partial charge in [-0.25, -0.2) is 0 Å². The Labute approximate surface area is 126 Å². The number of aromatic nitrogens is 1. The zero-order valence-corrected chi connectivity index (χ0v) is 12.4. The Hall–Kier alpha value is -2.01. The summed E-state index contributed by atoms with van der Waals surface area (Å²) in [6.45, 7) is 1.98. The summed E-state index contributed by atoms with van der Waals surface area (Å²) in [6, 6.07) is 9.21. The van der Waals surface area contributed by atoms with E-state index in [1.807, 2.05) is 37.3 Å². The third-order valence-electron chi connectivity index (χ3n) is 4.47. The molecule has 1 aliphatic carbocycles. The maximum atomic E-state index is 12.7. The van der Waals surface area contributed by atoms with E-state index in [0.717, 1.165) is 5.69 Å². The molecule has 4 rings (SSSR count). The Morgan fingerprint density at radius 3 is 2.48 bits per heavy atom. The predicted molar refractivity (Wildman–Crippen MR) is 80.2 cm³/mol. The molecule has 0 radical (unpaired) electrons. The monoisotopic (exact) mass is 298 g/mol. The molecular formula is C16H14N2O2S. The van der Waals surface area contributed by atoms with Crippen LogP contribution in [0.5, 0.6) is 0 Å². The lowest BCUT2D eigenvalue weighted by Crippen LogP contribution is -2.30. The van der Waals surface area contributed by atoms with E-state index in [1.165, 1.54) is 26.9 Å². The number of hydrogen-bond acceptors (Lipinski definition) is 4. The van der Waals surface area contributed by atoms with Crippen molar-refractivity contribution in [3.05, 3.63) is 46.5 Å². The van der Waals surface area contributed by atoms with Crippen LogP contribution >= 0.6 is 11.5 Å². The standard InChI is InChI=1S/C16H14N2O2S/c1-9-11-7-12-13(8-14(11)21-17-9)16(20)18(15(12)19)10-5-3-2-4-6-10/h2-6,12-13H,7-8H2,1H3. The van der Waals surface area contributed by atoms with Gasteiger partial charge in [-0.15, -0.1) is 0 Å². The maximum absolute atomic E-state index is 12.7. The van der Waals surface area contributed by atoms with Crippen LogP contribution in [0.15, 0.2) is 30.3 Å². The normalized spacial score (nSPS) is 24.1. The number of imide groups is 1. The quantitative estimate of drug-likeness (QED) is 0.759. The number of benzene rings is 1. The number of hydrogen-bond donors (Lipinski definition) is 0. The summed E-state index contributed by atoms with van der Waals surface area (Å²) in [7, 11) is 0. The first-order chi connectivity index (χ1) is 10.2. The summed E-state index contributed by atoms with van der Waals surface area (Å²) in [5.41, 5.74) is 2.87. The van der Waals surface area contributed by atoms with E-state index in [-0.39, 0.29) is 23.7 Å². The highest BCUT2D eigenvalue weighted by Gasteiger charge is 2.50. The minimum atomic E-state index is -0.222. The highest BCUT2D eigenvalue weighted by Crippen LogP contribution is 2.41. The third-order valence-corrected chi connectivity index (χ3v) is 5.47. The van der Waals surface area contributed by atoms with E-state index in [2.05, 4.69) is 4.37 Å². The molecular weight excluding hydrogens is 284 g/mol. The van der Waals surface area contributed by atoms with Gasteiger partial charge in [-0.3, -0.25) is 14.5 Å². The summed E-state index contributed by atoms with van der Waals surface area (Å²) in [6.07, 6.45) is 1.30. The fraction of sp³-hybridized carbons (Fsp3) is 0.312. The molecule has 1 fully saturated rings. The van der Waals surface area contributed by atoms with Crippen LogP contribution in [-0.4, -0.2) is 16.2 Å². The number of aryl methyl sites for hydroxylation is 1. The van der Waals surface area contributed by atoms with Crippen LogP contribution in [0.3, 0.4) is 0 Å². The zero-order chi connectivity index (χ0) is 14.6. The first-order valence-corrected chi connectivity index (χ1v) is 7.81. The molecule has 1 aromatic heterocycles. The molecule has 2 amide bonds. The number of amides is 2. The largest absolute Gasteiger partial charge is 0.274 e. The molecule has 0 spiro atoms. The van der Waals surface area contributed by atoms with Gasteiger partial charge in [0.2, 0.25) is 11.8 Å². The smallest absolute Gasteiger partial charge is 0.238 e. The van der Waals surface area contributed by atoms with Gasteiger partial charge in [0.15, 0.2) is 0 Å². The SMILES string of the molecule is Cc1nsc2c1CC1C(=O)N(c3ccccc3)C(=O)C1C2. The Morgan fingerprint density at radius 1 is 1.10 bits per heavy atom. The summed E-state index contributed by atoms with van der Waals surface area (Å²) in [4.78, 5) is 27.9. The second kappa shape index (κ2) is 4.49. The van der Waals surface area contributed by atoms with Gasteiger partial charge < -0.3 is 0 Å². The van der Waals surface area contributed by atoms with Crippen LogP contribution in [0.1, 0.15) is 16.1 Å². The van der Waals surface area contributed by atoms with E-state index < -0.39 is 0 Å². The predicted octanol–water partition coefficient (Wildman–Crippen LogP) is 2.36. The molecule has 0 N–H and O–H groups in total. The molecule has 1 aromatic carbocycles. The molecule has 4 nitrogen and oxygen atoms in total. The second-order valence-electron chi connectivity index (χ2n) is 5.64. The number of nitrogens with zero attached hydrogens (tertiary/aromatic N) is 2. The highest BCUT2D eigenvalue weighted by atomic mass is 32.1. The average Bonchev–Trinajstić information content (AvgIpc) is 2.98. The van der Waals surface area contributed by atoms with Gasteiger partial charge in [0.05, 0.1) is 23.2 Å². The molecule has 2 atom stereocenters. The van der Waals surface area contributed by atoms with Crippen LogP contribution in [0, 0.1) is 18.8 Å². The topological polar surface area (TPSA) is 50.3 Å². The van der Waals surface area contributed by atoms with Crippen molar-refractivity contribution in [3.63, 3.8) is 0 Å². The van der Waals surface area contributed by atoms with Gasteiger partial charge in [0, 0.05) is 4.88 Å². The molecule has 2 aliphatic rings. The van der Waals surface area contributed by atoms with Crippen LogP contribution in [0.25, 0.3) is 0 Å². The molecule has 5 heteroatoms. The molecule has 106 valence electrons. The van der Waals surface area contributed by atoms with Gasteiger partial charge in [0.1, 0.15) is 0 Å². The third kappa shape index (κ3) is 1.77. The first-order valence-electron chi connectivity index (χ1n) is 7.03. The first kappa shape index (κ1) is 12.7. The molecule has 0 saturated carbocycles. The summed E-state index contributed by atoms with van der Waals surface area (Å²) >= 11 is 1.47. The second-order valence-corrected chi connectivity index (χ2v) is 6.50. The zero-order valence-electron chi connectivity index (χ0n) is 11.6. The van der Waals surface area contributed by atoms with Crippen LogP contribution in [-0.2, 0) is 22.4 Å². The van der Waals surface area contributed by atoms with Gasteiger partial charge >= 0.3 is 0 Å². The maximum Gasteiger partial charge on any atom is 0.238 e. The van der Waals surface area contributed by atoms with Gasteiger partial charge in [-0.2, -0.15) is 4.37 Å². The van der Waals surface area contributed by atoms with E-state index >= 15 is 0 Å². The molecule has 2 heterocycles. The van der Waals surface area contributed by atoms with Crippen molar-refractivity contribution in [1.82, 2.24) is 4.37 Å². The van der Waals surface area contributed by atoms with Crippen LogP contribution in [0.2, 0.25) is 0 Å². The number of fused-ring (bicyclic) bond motifs is 2. The molecule has 2 unspecified atom stereocenters. The summed E-state index contributed by atoms with van der Waals surface area (Å²) < 4.78 is 4.36. The molecule has 2 aromatic rings. The van der Waals surface area contributed by atoms with Gasteiger partial charge in [-0.05, 0) is 49.0 Å². The van der Waals surface area contributed by atoms with Crippen LogP contribution in [0.4, 0.5) is 5.69 Å². The number of para-hydroxylation sites is 1. The van der Waals surface area contributed by atoms with Crippen molar-refractivity contribution >= 4 is 29.0 Å². The fourth-order valence-electron chi connectivity index (χ4n) is 3.35.